The van der Waals surface area contributed by atoms with Crippen LogP contribution >= 0.6 is 11.6 Å². The Morgan fingerprint density at radius 1 is 1.06 bits per heavy atom. The molecule has 172 valence electrons. The normalized spacial score (nSPS) is 10.1. The number of carbonyl (C=O) groups excluding carboxylic acids is 3. The molecule has 2 aromatic rings. The zero-order chi connectivity index (χ0) is 24.7. The fourth-order valence-electron chi connectivity index (χ4n) is 3.02. The molecule has 4 rings (SSSR count). The number of hydrogen-bond donors (Lipinski definition) is 3. The van der Waals surface area contributed by atoms with Crippen molar-refractivity contribution in [3.8, 4) is 22.9 Å². The number of nitrogens with zero attached hydrogens (tertiary/aromatic N) is 1. The SMILES string of the molecule is CC(=O)Nc1c(Cl)cccc1C(=O)NCc1ccc(C#N)cc1OCC(N)=O.c1cc2cc-2c1. The van der Waals surface area contributed by atoms with Gasteiger partial charge in [-0.1, -0.05) is 41.9 Å². The van der Waals surface area contributed by atoms with E-state index >= 15 is 0 Å². The molecule has 0 saturated carbocycles. The zero-order valence-corrected chi connectivity index (χ0v) is 19.0. The number of amides is 3. The molecule has 8 nitrogen and oxygen atoms in total. The fourth-order valence-corrected chi connectivity index (χ4v) is 3.24. The Bertz CT molecular complexity index is 1280. The number of ether oxygens (including phenoxy) is 1. The number of hydrogen-bond acceptors (Lipinski definition) is 5. The number of anilines is 1. The number of benzene rings is 3. The summed E-state index contributed by atoms with van der Waals surface area (Å²) in [6.07, 6.45) is 0. The first-order valence-electron chi connectivity index (χ1n) is 10.2. The van der Waals surface area contributed by atoms with E-state index in [4.69, 9.17) is 27.3 Å². The van der Waals surface area contributed by atoms with Crippen molar-refractivity contribution in [2.24, 2.45) is 5.73 Å². The van der Waals surface area contributed by atoms with Gasteiger partial charge >= 0.3 is 0 Å². The van der Waals surface area contributed by atoms with E-state index in [1.54, 1.807) is 24.3 Å². The molecule has 4 N–H and O–H groups in total. The van der Waals surface area contributed by atoms with E-state index in [-0.39, 0.29) is 41.1 Å². The lowest BCUT2D eigenvalue weighted by Crippen LogP contribution is -2.25. The van der Waals surface area contributed by atoms with Crippen LogP contribution in [0.25, 0.3) is 11.1 Å². The highest BCUT2D eigenvalue weighted by molar-refractivity contribution is 6.34. The van der Waals surface area contributed by atoms with Gasteiger partial charge < -0.3 is 21.1 Å². The predicted octanol–water partition coefficient (Wildman–Crippen LogP) is 3.63. The summed E-state index contributed by atoms with van der Waals surface area (Å²) in [5.41, 5.74) is 9.20. The molecule has 0 aromatic heterocycles. The second-order valence-electron chi connectivity index (χ2n) is 7.30. The average molecular weight is 477 g/mol. The van der Waals surface area contributed by atoms with Gasteiger partial charge in [-0.25, -0.2) is 0 Å². The summed E-state index contributed by atoms with van der Waals surface area (Å²) in [6.45, 7) is 0.992. The number of para-hydroxylation sites is 1. The van der Waals surface area contributed by atoms with Gasteiger partial charge in [-0.2, -0.15) is 5.26 Å². The molecule has 0 spiro atoms. The maximum atomic E-state index is 12.6. The molecule has 34 heavy (non-hydrogen) atoms. The van der Waals surface area contributed by atoms with Crippen LogP contribution in [0.4, 0.5) is 5.69 Å². The maximum absolute atomic E-state index is 12.6. The number of primary amides is 1. The van der Waals surface area contributed by atoms with Crippen LogP contribution in [0.2, 0.25) is 5.02 Å². The second-order valence-corrected chi connectivity index (χ2v) is 7.70. The van der Waals surface area contributed by atoms with Crippen LogP contribution in [-0.4, -0.2) is 24.3 Å². The minimum absolute atomic E-state index is 0.0463. The summed E-state index contributed by atoms with van der Waals surface area (Å²) in [7, 11) is 0. The van der Waals surface area contributed by atoms with Crippen molar-refractivity contribution in [3.63, 3.8) is 0 Å². The number of nitrogens with one attached hydrogen (secondary N) is 2. The Balaban J connectivity index is 0.000000457. The van der Waals surface area contributed by atoms with Gasteiger partial charge in [-0.05, 0) is 41.5 Å². The zero-order valence-electron chi connectivity index (χ0n) is 18.2. The summed E-state index contributed by atoms with van der Waals surface area (Å²) in [6, 6.07) is 19.7. The Morgan fingerprint density at radius 3 is 2.32 bits per heavy atom. The lowest BCUT2D eigenvalue weighted by atomic mass is 10.1. The van der Waals surface area contributed by atoms with Crippen LogP contribution in [0.1, 0.15) is 28.4 Å². The quantitative estimate of drug-likeness (QED) is 0.374. The van der Waals surface area contributed by atoms with Crippen molar-refractivity contribution in [1.29, 1.82) is 5.26 Å². The van der Waals surface area contributed by atoms with Crippen molar-refractivity contribution < 1.29 is 19.1 Å². The van der Waals surface area contributed by atoms with Crippen LogP contribution in [0.15, 0.2) is 60.7 Å². The van der Waals surface area contributed by atoms with Crippen molar-refractivity contribution in [1.82, 2.24) is 5.32 Å². The van der Waals surface area contributed by atoms with Crippen LogP contribution in [0, 0.1) is 11.3 Å². The summed E-state index contributed by atoms with van der Waals surface area (Å²) < 4.78 is 5.32. The van der Waals surface area contributed by atoms with Gasteiger partial charge in [0.1, 0.15) is 5.75 Å². The molecule has 2 aliphatic rings. The second kappa shape index (κ2) is 11.0. The largest absolute Gasteiger partial charge is 0.483 e. The van der Waals surface area contributed by atoms with Crippen LogP contribution in [-0.2, 0) is 16.1 Å². The van der Waals surface area contributed by atoms with E-state index in [1.165, 1.54) is 30.2 Å². The standard InChI is InChI=1S/C19H17ClN4O4.C6H4/c1-11(25)24-18-14(3-2-4-15(18)20)19(27)23-9-13-6-5-12(8-21)7-16(13)28-10-17(22)26;1-2-5-4-6(5)3-1/h2-7H,9-10H2,1H3,(H2,22,26)(H,23,27)(H,24,25);1-4H. The molecule has 3 amide bonds. The third-order valence-corrected chi connectivity index (χ3v) is 4.99. The molecular weight excluding hydrogens is 456 g/mol. The van der Waals surface area contributed by atoms with E-state index in [0.717, 1.165) is 0 Å². The number of carbonyl (C=O) groups is 3. The van der Waals surface area contributed by atoms with Crippen LogP contribution < -0.4 is 21.1 Å². The van der Waals surface area contributed by atoms with Gasteiger partial charge in [0.05, 0.1) is 27.9 Å². The molecule has 0 unspecified atom stereocenters. The molecule has 0 radical (unpaired) electrons. The number of nitrogens with two attached hydrogens (primary N) is 1. The molecular formula is C25H21ClN4O4. The van der Waals surface area contributed by atoms with Crippen molar-refractivity contribution in [2.45, 2.75) is 13.5 Å². The first-order valence-corrected chi connectivity index (χ1v) is 10.5. The van der Waals surface area contributed by atoms with Crippen LogP contribution in [0.3, 0.4) is 0 Å². The first-order chi connectivity index (χ1) is 16.3. The molecule has 0 heterocycles. The minimum Gasteiger partial charge on any atom is -0.483 e. The van der Waals surface area contributed by atoms with Crippen LogP contribution in [0.5, 0.6) is 5.75 Å². The Kier molecular flexibility index (Phi) is 7.85. The van der Waals surface area contributed by atoms with Crippen molar-refractivity contribution in [2.75, 3.05) is 11.9 Å². The monoisotopic (exact) mass is 476 g/mol. The van der Waals surface area contributed by atoms with Gasteiger partial charge in [0.25, 0.3) is 11.8 Å². The number of halogens is 1. The Hall–Kier alpha value is -4.35. The fraction of sp³-hybridized carbons (Fsp3) is 0.120. The third-order valence-electron chi connectivity index (χ3n) is 4.68. The maximum Gasteiger partial charge on any atom is 0.255 e. The van der Waals surface area contributed by atoms with Gasteiger partial charge in [0.15, 0.2) is 6.61 Å². The third kappa shape index (κ3) is 6.58. The molecule has 0 bridgehead atoms. The summed E-state index contributed by atoms with van der Waals surface area (Å²) >= 11 is 6.08. The van der Waals surface area contributed by atoms with Gasteiger partial charge in [0.2, 0.25) is 5.91 Å². The summed E-state index contributed by atoms with van der Waals surface area (Å²) in [4.78, 5) is 34.9. The molecule has 9 heteroatoms. The van der Waals surface area contributed by atoms with Crippen molar-refractivity contribution >= 4 is 35.0 Å². The van der Waals surface area contributed by atoms with Gasteiger partial charge in [0, 0.05) is 19.0 Å². The minimum atomic E-state index is -0.670. The number of fused-ring (bicyclic) bond motifs is 1. The average Bonchev–Trinajstić information content (AvgIpc) is 3.41. The van der Waals surface area contributed by atoms with Crippen molar-refractivity contribution in [3.05, 3.63) is 82.4 Å². The lowest BCUT2D eigenvalue weighted by molar-refractivity contribution is -0.120. The number of nitriles is 1. The molecule has 2 aliphatic carbocycles. The van der Waals surface area contributed by atoms with E-state index in [0.29, 0.717) is 11.1 Å². The van der Waals surface area contributed by atoms with E-state index < -0.39 is 11.8 Å². The topological polar surface area (TPSA) is 134 Å². The first kappa shape index (κ1) is 24.3. The lowest BCUT2D eigenvalue weighted by Gasteiger charge is -2.14. The number of rotatable bonds is 7. The van der Waals surface area contributed by atoms with Gasteiger partial charge in [-0.3, -0.25) is 14.4 Å². The molecule has 0 fully saturated rings. The predicted molar refractivity (Wildman–Crippen MR) is 128 cm³/mol. The summed E-state index contributed by atoms with van der Waals surface area (Å²) in [5, 5.41) is 14.5. The molecule has 0 saturated heterocycles. The highest BCUT2D eigenvalue weighted by Gasteiger charge is 2.16. The molecule has 0 atom stereocenters. The molecule has 0 aliphatic heterocycles. The Morgan fingerprint density at radius 2 is 1.76 bits per heavy atom. The Labute approximate surface area is 201 Å². The van der Waals surface area contributed by atoms with Gasteiger partial charge in [-0.15, -0.1) is 0 Å². The molecule has 2 aromatic carbocycles. The van der Waals surface area contributed by atoms with E-state index in [2.05, 4.69) is 34.9 Å². The smallest absolute Gasteiger partial charge is 0.255 e. The highest BCUT2D eigenvalue weighted by Crippen LogP contribution is 2.32. The van der Waals surface area contributed by atoms with E-state index in [9.17, 15) is 14.4 Å². The highest BCUT2D eigenvalue weighted by atomic mass is 35.5. The summed E-state index contributed by atoms with van der Waals surface area (Å²) in [5.74, 6) is -1.25. The van der Waals surface area contributed by atoms with E-state index in [1.807, 2.05) is 6.07 Å².